The number of thioether (sulfide) groups is 2. The van der Waals surface area contributed by atoms with Crippen LogP contribution in [0.15, 0.2) is 59.8 Å². The number of carbonyl (C=O) groups is 1. The van der Waals surface area contributed by atoms with Gasteiger partial charge >= 0.3 is 0 Å². The van der Waals surface area contributed by atoms with Gasteiger partial charge in [0.2, 0.25) is 5.91 Å². The first-order valence-corrected chi connectivity index (χ1v) is 11.4. The van der Waals surface area contributed by atoms with Gasteiger partial charge < -0.3 is 4.57 Å². The van der Waals surface area contributed by atoms with E-state index in [2.05, 4.69) is 22.0 Å². The van der Waals surface area contributed by atoms with Gasteiger partial charge in [-0.15, -0.1) is 23.5 Å². The molecule has 1 fully saturated rings. The molecule has 1 amide bonds. The van der Waals surface area contributed by atoms with Gasteiger partial charge in [0.15, 0.2) is 0 Å². The molecule has 0 aliphatic carbocycles. The van der Waals surface area contributed by atoms with Crippen LogP contribution in [0.1, 0.15) is 24.5 Å². The monoisotopic (exact) mass is 427 g/mol. The average Bonchev–Trinajstić information content (AvgIpc) is 3.28. The van der Waals surface area contributed by atoms with E-state index in [0.29, 0.717) is 13.0 Å². The van der Waals surface area contributed by atoms with E-state index in [1.54, 1.807) is 18.3 Å². The van der Waals surface area contributed by atoms with Crippen molar-refractivity contribution in [1.29, 1.82) is 0 Å². The van der Waals surface area contributed by atoms with Crippen molar-refractivity contribution in [2.75, 3.05) is 11.5 Å². The summed E-state index contributed by atoms with van der Waals surface area (Å²) in [5.41, 5.74) is 5.68. The lowest BCUT2D eigenvalue weighted by Gasteiger charge is -2.19. The molecule has 0 unspecified atom stereocenters. The third kappa shape index (κ3) is 4.85. The fourth-order valence-corrected chi connectivity index (χ4v) is 6.29. The lowest BCUT2D eigenvalue weighted by Crippen LogP contribution is -2.26. The van der Waals surface area contributed by atoms with E-state index in [1.165, 1.54) is 12.1 Å². The summed E-state index contributed by atoms with van der Waals surface area (Å²) in [5, 5.41) is 5.25. The summed E-state index contributed by atoms with van der Waals surface area (Å²) in [7, 11) is 0. The van der Waals surface area contributed by atoms with Crippen LogP contribution < -0.4 is 5.43 Å². The molecular weight excluding hydrogens is 405 g/mol. The van der Waals surface area contributed by atoms with Gasteiger partial charge in [0, 0.05) is 40.7 Å². The van der Waals surface area contributed by atoms with Crippen LogP contribution in [-0.4, -0.2) is 32.3 Å². The molecule has 4 nitrogen and oxygen atoms in total. The van der Waals surface area contributed by atoms with E-state index in [9.17, 15) is 9.18 Å². The van der Waals surface area contributed by atoms with E-state index < -0.39 is 0 Å². The minimum absolute atomic E-state index is 0.0508. The highest BCUT2D eigenvalue weighted by Crippen LogP contribution is 2.45. The Bertz CT molecular complexity index is 1040. The number of benzene rings is 2. The molecule has 2 aromatic carbocycles. The first kappa shape index (κ1) is 20.0. The molecule has 3 aromatic rings. The number of rotatable bonds is 6. The summed E-state index contributed by atoms with van der Waals surface area (Å²) in [4.78, 5) is 12.2. The molecule has 4 rings (SSSR count). The van der Waals surface area contributed by atoms with Gasteiger partial charge in [-0.2, -0.15) is 5.10 Å². The van der Waals surface area contributed by atoms with Crippen LogP contribution in [0, 0.1) is 5.82 Å². The number of fused-ring (bicyclic) bond motifs is 1. The fourth-order valence-electron chi connectivity index (χ4n) is 3.46. The SMILES string of the molecule is CC1(CC(=O)N/N=C/c2cn(Cc3ccc(F)cc3)c3ccccc23)SCCS1. The van der Waals surface area contributed by atoms with Crippen molar-refractivity contribution >= 4 is 46.5 Å². The van der Waals surface area contributed by atoms with Crippen LogP contribution in [0.2, 0.25) is 0 Å². The predicted molar refractivity (Wildman–Crippen MR) is 121 cm³/mol. The molecule has 150 valence electrons. The van der Waals surface area contributed by atoms with Gasteiger partial charge in [0.25, 0.3) is 0 Å². The summed E-state index contributed by atoms with van der Waals surface area (Å²) >= 11 is 3.67. The van der Waals surface area contributed by atoms with Crippen molar-refractivity contribution in [1.82, 2.24) is 9.99 Å². The molecule has 1 aromatic heterocycles. The highest BCUT2D eigenvalue weighted by Gasteiger charge is 2.32. The Balaban J connectivity index is 1.49. The number of carbonyl (C=O) groups excluding carboxylic acids is 1. The fraction of sp³-hybridized carbons (Fsp3) is 0.273. The molecule has 1 saturated heterocycles. The van der Waals surface area contributed by atoms with E-state index >= 15 is 0 Å². The molecule has 0 spiro atoms. The smallest absolute Gasteiger partial charge is 0.242 e. The zero-order valence-corrected chi connectivity index (χ0v) is 17.7. The number of nitrogens with zero attached hydrogens (tertiary/aromatic N) is 2. The second-order valence-corrected chi connectivity index (χ2v) is 10.6. The number of aromatic nitrogens is 1. The number of hydrogen-bond acceptors (Lipinski definition) is 4. The lowest BCUT2D eigenvalue weighted by atomic mass is 10.2. The minimum Gasteiger partial charge on any atom is -0.342 e. The zero-order valence-electron chi connectivity index (χ0n) is 16.1. The van der Waals surface area contributed by atoms with Gasteiger partial charge in [-0.1, -0.05) is 30.3 Å². The van der Waals surface area contributed by atoms with E-state index in [-0.39, 0.29) is 15.8 Å². The molecule has 1 N–H and O–H groups in total. The summed E-state index contributed by atoms with van der Waals surface area (Å²) in [5.74, 6) is 1.87. The zero-order chi connectivity index (χ0) is 20.3. The maximum atomic E-state index is 13.2. The Kier molecular flexibility index (Phi) is 5.96. The average molecular weight is 428 g/mol. The van der Waals surface area contributed by atoms with Crippen molar-refractivity contribution in [3.8, 4) is 0 Å². The van der Waals surface area contributed by atoms with E-state index in [0.717, 1.165) is 33.5 Å². The standard InChI is InChI=1S/C22H22FN3OS2/c1-22(28-10-11-29-22)12-21(27)25-24-13-17-15-26(20-5-3-2-4-19(17)20)14-16-6-8-18(23)9-7-16/h2-9,13,15H,10-12,14H2,1H3,(H,25,27)/b24-13+. The van der Waals surface area contributed by atoms with Crippen LogP contribution in [0.5, 0.6) is 0 Å². The minimum atomic E-state index is -0.238. The first-order valence-electron chi connectivity index (χ1n) is 9.45. The maximum absolute atomic E-state index is 13.2. The van der Waals surface area contributed by atoms with Crippen molar-refractivity contribution in [3.05, 3.63) is 71.7 Å². The number of hydrogen-bond donors (Lipinski definition) is 1. The topological polar surface area (TPSA) is 46.4 Å². The number of amides is 1. The van der Waals surface area contributed by atoms with Crippen molar-refractivity contribution < 1.29 is 9.18 Å². The molecule has 0 atom stereocenters. The maximum Gasteiger partial charge on any atom is 0.242 e. The van der Waals surface area contributed by atoms with Crippen molar-refractivity contribution in [2.45, 2.75) is 24.0 Å². The van der Waals surface area contributed by atoms with Crippen LogP contribution in [-0.2, 0) is 11.3 Å². The van der Waals surface area contributed by atoms with Crippen molar-refractivity contribution in [3.63, 3.8) is 0 Å². The number of nitrogens with one attached hydrogen (secondary N) is 1. The van der Waals surface area contributed by atoms with Gasteiger partial charge in [0.05, 0.1) is 16.7 Å². The summed E-state index contributed by atoms with van der Waals surface area (Å²) in [6.07, 6.45) is 4.15. The number of para-hydroxylation sites is 1. The Labute approximate surface area is 177 Å². The van der Waals surface area contributed by atoms with Crippen LogP contribution in [0.3, 0.4) is 0 Å². The first-order chi connectivity index (χ1) is 14.0. The van der Waals surface area contributed by atoms with E-state index in [1.807, 2.05) is 54.0 Å². The molecule has 1 aliphatic heterocycles. The predicted octanol–water partition coefficient (Wildman–Crippen LogP) is 4.87. The highest BCUT2D eigenvalue weighted by molar-refractivity contribution is 8.21. The lowest BCUT2D eigenvalue weighted by molar-refractivity contribution is -0.121. The molecule has 0 bridgehead atoms. The number of hydrazone groups is 1. The Hall–Kier alpha value is -2.25. The highest BCUT2D eigenvalue weighted by atomic mass is 32.2. The Morgan fingerprint density at radius 3 is 2.69 bits per heavy atom. The largest absolute Gasteiger partial charge is 0.342 e. The van der Waals surface area contributed by atoms with Crippen LogP contribution in [0.4, 0.5) is 4.39 Å². The van der Waals surface area contributed by atoms with Gasteiger partial charge in [0.1, 0.15) is 5.82 Å². The van der Waals surface area contributed by atoms with Crippen molar-refractivity contribution in [2.24, 2.45) is 5.10 Å². The van der Waals surface area contributed by atoms with Gasteiger partial charge in [-0.3, -0.25) is 4.79 Å². The molecule has 0 radical (unpaired) electrons. The Morgan fingerprint density at radius 1 is 1.21 bits per heavy atom. The Morgan fingerprint density at radius 2 is 1.93 bits per heavy atom. The quantitative estimate of drug-likeness (QED) is 0.451. The van der Waals surface area contributed by atoms with Gasteiger partial charge in [-0.25, -0.2) is 9.82 Å². The molecular formula is C22H22FN3OS2. The second kappa shape index (κ2) is 8.63. The van der Waals surface area contributed by atoms with Crippen LogP contribution in [0.25, 0.3) is 10.9 Å². The molecule has 0 saturated carbocycles. The molecule has 1 aliphatic rings. The second-order valence-electron chi connectivity index (χ2n) is 7.16. The van der Waals surface area contributed by atoms with Crippen LogP contribution >= 0.6 is 23.5 Å². The number of halogens is 1. The third-order valence-electron chi connectivity index (χ3n) is 4.86. The molecule has 2 heterocycles. The normalized spacial score (nSPS) is 15.9. The summed E-state index contributed by atoms with van der Waals surface area (Å²) in [6.45, 7) is 2.75. The molecule has 7 heteroatoms. The summed E-state index contributed by atoms with van der Waals surface area (Å²) < 4.78 is 15.2. The molecule has 29 heavy (non-hydrogen) atoms. The van der Waals surface area contributed by atoms with Gasteiger partial charge in [-0.05, 0) is 30.7 Å². The van der Waals surface area contributed by atoms with E-state index in [4.69, 9.17) is 0 Å². The summed E-state index contributed by atoms with van der Waals surface area (Å²) in [6, 6.07) is 14.6. The third-order valence-corrected chi connectivity index (χ3v) is 8.15.